The zero-order valence-electron chi connectivity index (χ0n) is 9.93. The van der Waals surface area contributed by atoms with Gasteiger partial charge in [-0.2, -0.15) is 5.26 Å². The lowest BCUT2D eigenvalue weighted by molar-refractivity contribution is 0.206. The highest BCUT2D eigenvalue weighted by Crippen LogP contribution is 2.05. The van der Waals surface area contributed by atoms with E-state index in [0.29, 0.717) is 24.6 Å². The van der Waals surface area contributed by atoms with Crippen LogP contribution >= 0.6 is 0 Å². The van der Waals surface area contributed by atoms with Crippen LogP contribution in [0.1, 0.15) is 12.6 Å². The summed E-state index contributed by atoms with van der Waals surface area (Å²) < 4.78 is 0. The molecule has 0 atom stereocenters. The molecular formula is C11H17N5O. The standard InChI is InChI=1S/C11H17N5O/c1-2-16(7-8-17)6-5-15-11-10(9-12)13-3-4-14-11/h3-4,17H,2,5-8H2,1H3,(H,14,15). The Morgan fingerprint density at radius 3 is 2.82 bits per heavy atom. The molecule has 17 heavy (non-hydrogen) atoms. The number of rotatable bonds is 7. The molecule has 0 aliphatic rings. The minimum atomic E-state index is 0.155. The van der Waals surface area contributed by atoms with Crippen LogP contribution in [0.5, 0.6) is 0 Å². The van der Waals surface area contributed by atoms with E-state index in [0.717, 1.165) is 13.1 Å². The second-order valence-corrected chi connectivity index (χ2v) is 3.45. The maximum atomic E-state index is 8.84. The smallest absolute Gasteiger partial charge is 0.182 e. The molecule has 6 nitrogen and oxygen atoms in total. The molecule has 0 fully saturated rings. The third kappa shape index (κ3) is 4.34. The lowest BCUT2D eigenvalue weighted by atomic mass is 10.4. The Hall–Kier alpha value is -1.71. The first-order valence-corrected chi connectivity index (χ1v) is 5.60. The maximum absolute atomic E-state index is 8.84. The van der Waals surface area contributed by atoms with E-state index in [9.17, 15) is 0 Å². The van der Waals surface area contributed by atoms with E-state index in [1.165, 1.54) is 6.20 Å². The van der Waals surface area contributed by atoms with Crippen molar-refractivity contribution >= 4 is 5.82 Å². The maximum Gasteiger partial charge on any atom is 0.182 e. The Kier molecular flexibility index (Phi) is 5.93. The molecule has 1 rings (SSSR count). The summed E-state index contributed by atoms with van der Waals surface area (Å²) >= 11 is 0. The molecule has 0 radical (unpaired) electrons. The van der Waals surface area contributed by atoms with E-state index in [1.54, 1.807) is 6.20 Å². The van der Waals surface area contributed by atoms with Crippen molar-refractivity contribution in [2.75, 3.05) is 38.1 Å². The topological polar surface area (TPSA) is 85.1 Å². The molecule has 1 heterocycles. The van der Waals surface area contributed by atoms with Gasteiger partial charge >= 0.3 is 0 Å². The van der Waals surface area contributed by atoms with Crippen molar-refractivity contribution < 1.29 is 5.11 Å². The number of hydrogen-bond donors (Lipinski definition) is 2. The van der Waals surface area contributed by atoms with Gasteiger partial charge in [0.15, 0.2) is 11.5 Å². The minimum Gasteiger partial charge on any atom is -0.395 e. The predicted molar refractivity (Wildman–Crippen MR) is 64.4 cm³/mol. The van der Waals surface area contributed by atoms with Gasteiger partial charge in [0.25, 0.3) is 0 Å². The quantitative estimate of drug-likeness (QED) is 0.696. The first-order valence-electron chi connectivity index (χ1n) is 5.60. The van der Waals surface area contributed by atoms with Crippen molar-refractivity contribution in [3.8, 4) is 6.07 Å². The molecule has 0 bridgehead atoms. The molecule has 0 spiro atoms. The zero-order valence-corrected chi connectivity index (χ0v) is 9.93. The van der Waals surface area contributed by atoms with Gasteiger partial charge in [-0.3, -0.25) is 4.90 Å². The largest absolute Gasteiger partial charge is 0.395 e. The van der Waals surface area contributed by atoms with Crippen molar-refractivity contribution in [1.82, 2.24) is 14.9 Å². The zero-order chi connectivity index (χ0) is 12.5. The highest BCUT2D eigenvalue weighted by atomic mass is 16.3. The van der Waals surface area contributed by atoms with E-state index in [4.69, 9.17) is 10.4 Å². The van der Waals surface area contributed by atoms with E-state index in [-0.39, 0.29) is 6.61 Å². The van der Waals surface area contributed by atoms with Crippen molar-refractivity contribution in [2.45, 2.75) is 6.92 Å². The average Bonchev–Trinajstić information content (AvgIpc) is 2.38. The van der Waals surface area contributed by atoms with Gasteiger partial charge in [-0.05, 0) is 6.54 Å². The van der Waals surface area contributed by atoms with Crippen LogP contribution in [-0.2, 0) is 0 Å². The van der Waals surface area contributed by atoms with Gasteiger partial charge in [0.1, 0.15) is 6.07 Å². The minimum absolute atomic E-state index is 0.155. The Morgan fingerprint density at radius 2 is 2.18 bits per heavy atom. The molecule has 0 aliphatic carbocycles. The van der Waals surface area contributed by atoms with Crippen molar-refractivity contribution in [3.05, 3.63) is 18.1 Å². The van der Waals surface area contributed by atoms with Crippen LogP contribution in [0.3, 0.4) is 0 Å². The van der Waals surface area contributed by atoms with Gasteiger partial charge in [0.05, 0.1) is 6.61 Å². The fourth-order valence-corrected chi connectivity index (χ4v) is 1.45. The fraction of sp³-hybridized carbons (Fsp3) is 0.545. The molecular weight excluding hydrogens is 218 g/mol. The number of nitriles is 1. The van der Waals surface area contributed by atoms with Crippen LogP contribution in [0, 0.1) is 11.3 Å². The highest BCUT2D eigenvalue weighted by Gasteiger charge is 2.04. The number of nitrogens with zero attached hydrogens (tertiary/aromatic N) is 4. The third-order valence-corrected chi connectivity index (χ3v) is 2.39. The molecule has 0 aromatic carbocycles. The van der Waals surface area contributed by atoms with E-state index in [2.05, 4.69) is 20.2 Å². The van der Waals surface area contributed by atoms with Crippen LogP contribution < -0.4 is 5.32 Å². The van der Waals surface area contributed by atoms with Gasteiger partial charge in [-0.25, -0.2) is 9.97 Å². The van der Waals surface area contributed by atoms with Gasteiger partial charge in [0.2, 0.25) is 0 Å². The fourth-order valence-electron chi connectivity index (χ4n) is 1.45. The van der Waals surface area contributed by atoms with Crippen LogP contribution in [0.25, 0.3) is 0 Å². The summed E-state index contributed by atoms with van der Waals surface area (Å²) in [5.74, 6) is 0.509. The first-order chi connectivity index (χ1) is 8.31. The molecule has 92 valence electrons. The Labute approximate surface area is 101 Å². The molecule has 6 heteroatoms. The van der Waals surface area contributed by atoms with Crippen LogP contribution in [0.4, 0.5) is 5.82 Å². The Balaban J connectivity index is 2.42. The molecule has 0 saturated heterocycles. The van der Waals surface area contributed by atoms with Gasteiger partial charge in [-0.15, -0.1) is 0 Å². The molecule has 1 aromatic heterocycles. The summed E-state index contributed by atoms with van der Waals surface area (Å²) in [6.07, 6.45) is 3.04. The highest BCUT2D eigenvalue weighted by molar-refractivity contribution is 5.46. The summed E-state index contributed by atoms with van der Waals surface area (Å²) in [4.78, 5) is 10.1. The summed E-state index contributed by atoms with van der Waals surface area (Å²) in [5, 5.41) is 20.7. The average molecular weight is 235 g/mol. The van der Waals surface area contributed by atoms with Crippen LogP contribution in [-0.4, -0.2) is 52.8 Å². The number of aliphatic hydroxyl groups excluding tert-OH is 1. The molecule has 0 saturated carbocycles. The second kappa shape index (κ2) is 7.54. The SMILES string of the molecule is CCN(CCO)CCNc1nccnc1C#N. The lowest BCUT2D eigenvalue weighted by Gasteiger charge is -2.19. The molecule has 0 aliphatic heterocycles. The van der Waals surface area contributed by atoms with E-state index in [1.807, 2.05) is 13.0 Å². The monoisotopic (exact) mass is 235 g/mol. The number of aromatic nitrogens is 2. The normalized spacial score (nSPS) is 10.2. The summed E-state index contributed by atoms with van der Waals surface area (Å²) in [5.41, 5.74) is 0.303. The van der Waals surface area contributed by atoms with Crippen LogP contribution in [0.2, 0.25) is 0 Å². The third-order valence-electron chi connectivity index (χ3n) is 2.39. The van der Waals surface area contributed by atoms with E-state index < -0.39 is 0 Å². The van der Waals surface area contributed by atoms with Gasteiger partial charge < -0.3 is 10.4 Å². The van der Waals surface area contributed by atoms with Crippen molar-refractivity contribution in [3.63, 3.8) is 0 Å². The molecule has 0 amide bonds. The lowest BCUT2D eigenvalue weighted by Crippen LogP contribution is -2.31. The van der Waals surface area contributed by atoms with Crippen molar-refractivity contribution in [2.24, 2.45) is 0 Å². The summed E-state index contributed by atoms with van der Waals surface area (Å²) in [7, 11) is 0. The number of nitrogens with one attached hydrogen (secondary N) is 1. The summed E-state index contributed by atoms with van der Waals surface area (Å²) in [6, 6.07) is 1.98. The molecule has 1 aromatic rings. The van der Waals surface area contributed by atoms with Crippen molar-refractivity contribution in [1.29, 1.82) is 5.26 Å². The van der Waals surface area contributed by atoms with Gasteiger partial charge in [-0.1, -0.05) is 6.92 Å². The Morgan fingerprint density at radius 1 is 1.41 bits per heavy atom. The molecule has 2 N–H and O–H groups in total. The number of likely N-dealkylation sites (N-methyl/N-ethyl adjacent to an activating group) is 1. The predicted octanol–water partition coefficient (Wildman–Crippen LogP) is 0.0744. The second-order valence-electron chi connectivity index (χ2n) is 3.45. The number of aliphatic hydroxyl groups is 1. The van der Waals surface area contributed by atoms with Crippen LogP contribution in [0.15, 0.2) is 12.4 Å². The number of hydrogen-bond acceptors (Lipinski definition) is 6. The van der Waals surface area contributed by atoms with E-state index >= 15 is 0 Å². The first kappa shape index (κ1) is 13.4. The van der Waals surface area contributed by atoms with Gasteiger partial charge in [0, 0.05) is 32.0 Å². The molecule has 0 unspecified atom stereocenters. The summed E-state index contributed by atoms with van der Waals surface area (Å²) in [6.45, 7) is 5.19. The number of anilines is 1. The Bertz CT molecular complexity index is 376.